The van der Waals surface area contributed by atoms with Gasteiger partial charge in [-0.25, -0.2) is 4.98 Å². The topological polar surface area (TPSA) is 56.9 Å². The molecule has 0 bridgehead atoms. The first-order valence-corrected chi connectivity index (χ1v) is 6.17. The van der Waals surface area contributed by atoms with E-state index in [9.17, 15) is 18.3 Å². The molecule has 1 aromatic heterocycles. The fourth-order valence-electron chi connectivity index (χ4n) is 1.41. The summed E-state index contributed by atoms with van der Waals surface area (Å²) in [5.74, 6) is -0.0828. The molecular formula is C13H7F3N2OS. The number of pyridine rings is 1. The molecule has 0 aliphatic carbocycles. The van der Waals surface area contributed by atoms with Crippen molar-refractivity contribution in [3.8, 4) is 11.8 Å². The fraction of sp³-hybridized carbons (Fsp3) is 0.0769. The van der Waals surface area contributed by atoms with Crippen molar-refractivity contribution in [3.05, 3.63) is 47.7 Å². The van der Waals surface area contributed by atoms with Gasteiger partial charge in [-0.1, -0.05) is 23.9 Å². The number of nitriles is 1. The molecule has 0 saturated carbocycles. The van der Waals surface area contributed by atoms with E-state index in [4.69, 9.17) is 5.26 Å². The summed E-state index contributed by atoms with van der Waals surface area (Å²) in [6.07, 6.45) is -4.58. The minimum atomic E-state index is -4.58. The van der Waals surface area contributed by atoms with Crippen molar-refractivity contribution < 1.29 is 18.3 Å². The van der Waals surface area contributed by atoms with Gasteiger partial charge in [0.15, 0.2) is 0 Å². The lowest BCUT2D eigenvalue weighted by Gasteiger charge is -2.09. The highest BCUT2D eigenvalue weighted by Gasteiger charge is 2.33. The van der Waals surface area contributed by atoms with Crippen molar-refractivity contribution >= 4 is 11.8 Å². The Morgan fingerprint density at radius 3 is 2.45 bits per heavy atom. The molecule has 0 fully saturated rings. The summed E-state index contributed by atoms with van der Waals surface area (Å²) in [7, 11) is 0. The SMILES string of the molecule is N#Cc1ccc(C(F)(F)F)nc1Sc1ccccc1O. The number of alkyl halides is 3. The smallest absolute Gasteiger partial charge is 0.433 e. The molecule has 0 radical (unpaired) electrons. The summed E-state index contributed by atoms with van der Waals surface area (Å²) in [6, 6.07) is 9.76. The Balaban J connectivity index is 2.45. The van der Waals surface area contributed by atoms with Gasteiger partial charge >= 0.3 is 6.18 Å². The molecule has 0 unspecified atom stereocenters. The van der Waals surface area contributed by atoms with Crippen LogP contribution >= 0.6 is 11.8 Å². The lowest BCUT2D eigenvalue weighted by atomic mass is 10.2. The van der Waals surface area contributed by atoms with Gasteiger partial charge in [0.2, 0.25) is 0 Å². The van der Waals surface area contributed by atoms with E-state index < -0.39 is 11.9 Å². The van der Waals surface area contributed by atoms with Gasteiger partial charge < -0.3 is 5.11 Å². The number of phenolic OH excluding ortho intramolecular Hbond substituents is 1. The molecule has 0 amide bonds. The van der Waals surface area contributed by atoms with Gasteiger partial charge in [-0.05, 0) is 24.3 Å². The van der Waals surface area contributed by atoms with E-state index in [0.717, 1.165) is 23.9 Å². The molecule has 1 N–H and O–H groups in total. The van der Waals surface area contributed by atoms with Crippen LogP contribution in [0.1, 0.15) is 11.3 Å². The minimum absolute atomic E-state index is 0.0197. The third kappa shape index (κ3) is 3.03. The average molecular weight is 296 g/mol. The molecule has 7 heteroatoms. The lowest BCUT2D eigenvalue weighted by Crippen LogP contribution is -2.08. The maximum atomic E-state index is 12.6. The molecule has 1 heterocycles. The largest absolute Gasteiger partial charge is 0.507 e. The number of aromatic hydroxyl groups is 1. The fourth-order valence-corrected chi connectivity index (χ4v) is 2.30. The second kappa shape index (κ2) is 5.43. The zero-order chi connectivity index (χ0) is 14.8. The van der Waals surface area contributed by atoms with Gasteiger partial charge in [-0.2, -0.15) is 18.4 Å². The Hall–Kier alpha value is -2.20. The number of nitrogens with zero attached hydrogens (tertiary/aromatic N) is 2. The van der Waals surface area contributed by atoms with E-state index in [1.807, 2.05) is 0 Å². The Labute approximate surface area is 116 Å². The number of hydrogen-bond acceptors (Lipinski definition) is 4. The van der Waals surface area contributed by atoms with E-state index in [-0.39, 0.29) is 16.3 Å². The van der Waals surface area contributed by atoms with E-state index in [1.54, 1.807) is 18.2 Å². The molecule has 0 aliphatic heterocycles. The Morgan fingerprint density at radius 1 is 1.15 bits per heavy atom. The van der Waals surface area contributed by atoms with Crippen LogP contribution < -0.4 is 0 Å². The van der Waals surface area contributed by atoms with Crippen molar-refractivity contribution in [2.45, 2.75) is 16.1 Å². The van der Waals surface area contributed by atoms with Crippen LogP contribution in [-0.2, 0) is 6.18 Å². The summed E-state index contributed by atoms with van der Waals surface area (Å²) >= 11 is 0.812. The third-order valence-electron chi connectivity index (χ3n) is 2.34. The molecule has 0 atom stereocenters. The first-order valence-electron chi connectivity index (χ1n) is 5.36. The molecule has 20 heavy (non-hydrogen) atoms. The van der Waals surface area contributed by atoms with Crippen LogP contribution in [-0.4, -0.2) is 10.1 Å². The second-order valence-corrected chi connectivity index (χ2v) is 4.76. The molecule has 2 aromatic rings. The average Bonchev–Trinajstić information content (AvgIpc) is 2.40. The van der Waals surface area contributed by atoms with Crippen LogP contribution in [0.2, 0.25) is 0 Å². The van der Waals surface area contributed by atoms with Crippen LogP contribution in [0.25, 0.3) is 0 Å². The van der Waals surface area contributed by atoms with Crippen molar-refractivity contribution in [1.29, 1.82) is 5.26 Å². The molecule has 3 nitrogen and oxygen atoms in total. The van der Waals surface area contributed by atoms with Crippen LogP contribution in [0.3, 0.4) is 0 Å². The standard InChI is InChI=1S/C13H7F3N2OS/c14-13(15,16)11-6-5-8(7-17)12(18-11)20-10-4-2-1-3-9(10)19/h1-6,19H. The number of para-hydroxylation sites is 1. The predicted octanol–water partition coefficient (Wildman–Crippen LogP) is 3.83. The monoisotopic (exact) mass is 296 g/mol. The van der Waals surface area contributed by atoms with Crippen molar-refractivity contribution in [2.24, 2.45) is 0 Å². The Morgan fingerprint density at radius 2 is 1.85 bits per heavy atom. The molecule has 1 aromatic carbocycles. The van der Waals surface area contributed by atoms with E-state index in [0.29, 0.717) is 4.90 Å². The summed E-state index contributed by atoms with van der Waals surface area (Å²) in [5, 5.41) is 18.4. The maximum absolute atomic E-state index is 12.6. The minimum Gasteiger partial charge on any atom is -0.507 e. The van der Waals surface area contributed by atoms with Crippen LogP contribution in [0.4, 0.5) is 13.2 Å². The number of halogens is 3. The summed E-state index contributed by atoms with van der Waals surface area (Å²) in [5.41, 5.74) is -1.05. The first kappa shape index (κ1) is 14.2. The number of hydrogen-bond donors (Lipinski definition) is 1. The predicted molar refractivity (Wildman–Crippen MR) is 66.2 cm³/mol. The number of aromatic nitrogens is 1. The normalized spacial score (nSPS) is 11.1. The molecule has 102 valence electrons. The Kier molecular flexibility index (Phi) is 3.86. The Bertz CT molecular complexity index is 680. The summed E-state index contributed by atoms with van der Waals surface area (Å²) < 4.78 is 37.9. The number of phenols is 1. The lowest BCUT2D eigenvalue weighted by molar-refractivity contribution is -0.141. The quantitative estimate of drug-likeness (QED) is 0.915. The zero-order valence-electron chi connectivity index (χ0n) is 9.85. The second-order valence-electron chi connectivity index (χ2n) is 3.73. The highest BCUT2D eigenvalue weighted by atomic mass is 32.2. The van der Waals surface area contributed by atoms with Crippen LogP contribution in [0.5, 0.6) is 5.75 Å². The highest BCUT2D eigenvalue weighted by molar-refractivity contribution is 7.99. The van der Waals surface area contributed by atoms with E-state index in [2.05, 4.69) is 4.98 Å². The van der Waals surface area contributed by atoms with E-state index >= 15 is 0 Å². The summed E-state index contributed by atoms with van der Waals surface area (Å²) in [4.78, 5) is 3.79. The molecule has 0 spiro atoms. The van der Waals surface area contributed by atoms with Crippen molar-refractivity contribution in [1.82, 2.24) is 4.98 Å². The summed E-state index contributed by atoms with van der Waals surface area (Å²) in [6.45, 7) is 0. The number of rotatable bonds is 2. The van der Waals surface area contributed by atoms with Gasteiger partial charge in [0, 0.05) is 0 Å². The van der Waals surface area contributed by atoms with Gasteiger partial charge in [0.25, 0.3) is 0 Å². The van der Waals surface area contributed by atoms with Gasteiger partial charge in [-0.15, -0.1) is 0 Å². The van der Waals surface area contributed by atoms with Crippen molar-refractivity contribution in [3.63, 3.8) is 0 Å². The molecule has 2 rings (SSSR count). The maximum Gasteiger partial charge on any atom is 0.433 e. The number of benzene rings is 1. The van der Waals surface area contributed by atoms with Gasteiger partial charge in [0.05, 0.1) is 10.5 Å². The van der Waals surface area contributed by atoms with Gasteiger partial charge in [-0.3, -0.25) is 0 Å². The highest BCUT2D eigenvalue weighted by Crippen LogP contribution is 2.36. The molecule has 0 saturated heterocycles. The first-order chi connectivity index (χ1) is 9.41. The van der Waals surface area contributed by atoms with Gasteiger partial charge in [0.1, 0.15) is 22.5 Å². The van der Waals surface area contributed by atoms with Crippen LogP contribution in [0, 0.1) is 11.3 Å². The molecule has 0 aliphatic rings. The van der Waals surface area contributed by atoms with Crippen LogP contribution in [0.15, 0.2) is 46.3 Å². The zero-order valence-corrected chi connectivity index (χ0v) is 10.7. The van der Waals surface area contributed by atoms with E-state index in [1.165, 1.54) is 12.1 Å². The molecular weight excluding hydrogens is 289 g/mol. The van der Waals surface area contributed by atoms with Crippen molar-refractivity contribution in [2.75, 3.05) is 0 Å². The third-order valence-corrected chi connectivity index (χ3v) is 3.41.